The van der Waals surface area contributed by atoms with Crippen LogP contribution < -0.4 is 0 Å². The number of rotatable bonds is 1. The zero-order valence-corrected chi connectivity index (χ0v) is 10.2. The van der Waals surface area contributed by atoms with Gasteiger partial charge >= 0.3 is 0 Å². The first-order valence-corrected chi connectivity index (χ1v) is 5.90. The van der Waals surface area contributed by atoms with Gasteiger partial charge in [-0.15, -0.1) is 11.3 Å². The molecular weight excluding hydrogens is 246 g/mol. The molecule has 1 heterocycles. The van der Waals surface area contributed by atoms with Crippen molar-refractivity contribution in [3.63, 3.8) is 0 Å². The molecule has 0 radical (unpaired) electrons. The monoisotopic (exact) mass is 255 g/mol. The molecule has 16 heavy (non-hydrogen) atoms. The number of aromatic hydroxyl groups is 1. The highest BCUT2D eigenvalue weighted by atomic mass is 32.1. The molecule has 0 spiro atoms. The Labute approximate surface area is 101 Å². The number of ketones is 2. The zero-order valence-electron chi connectivity index (χ0n) is 8.52. The smallest absolute Gasteiger partial charge is 0.210 e. The number of hydrogen-bond acceptors (Lipinski definition) is 5. The van der Waals surface area contributed by atoms with Crippen LogP contribution >= 0.6 is 23.6 Å². The molecular formula is C10H9NO3S2. The van der Waals surface area contributed by atoms with Crippen LogP contribution in [0.25, 0.3) is 6.08 Å². The van der Waals surface area contributed by atoms with Crippen LogP contribution in [0.15, 0.2) is 5.57 Å². The van der Waals surface area contributed by atoms with Gasteiger partial charge in [0.15, 0.2) is 15.5 Å². The third-order valence-corrected chi connectivity index (χ3v) is 3.96. The van der Waals surface area contributed by atoms with E-state index in [-0.39, 0.29) is 35.9 Å². The zero-order chi connectivity index (χ0) is 11.9. The molecule has 2 rings (SSSR count). The Morgan fingerprint density at radius 2 is 1.94 bits per heavy atom. The number of allylic oxidation sites excluding steroid dienone is 1. The van der Waals surface area contributed by atoms with Gasteiger partial charge in [0.05, 0.1) is 10.5 Å². The Bertz CT molecular complexity index is 547. The lowest BCUT2D eigenvalue weighted by molar-refractivity contribution is -0.116. The second-order valence-electron chi connectivity index (χ2n) is 3.52. The van der Waals surface area contributed by atoms with E-state index < -0.39 is 0 Å². The number of carbonyl (C=O) groups excluding carboxylic acids is 2. The van der Waals surface area contributed by atoms with Gasteiger partial charge in [-0.1, -0.05) is 0 Å². The highest BCUT2D eigenvalue weighted by molar-refractivity contribution is 7.73. The van der Waals surface area contributed by atoms with Crippen molar-refractivity contribution in [1.29, 1.82) is 0 Å². The molecule has 1 saturated carbocycles. The summed E-state index contributed by atoms with van der Waals surface area (Å²) in [6.45, 7) is 0. The van der Waals surface area contributed by atoms with Crippen LogP contribution in [0.1, 0.15) is 17.7 Å². The van der Waals surface area contributed by atoms with Gasteiger partial charge in [-0.05, 0) is 18.3 Å². The fourth-order valence-electron chi connectivity index (χ4n) is 1.50. The van der Waals surface area contributed by atoms with Gasteiger partial charge in [0, 0.05) is 19.9 Å². The van der Waals surface area contributed by atoms with E-state index in [9.17, 15) is 14.7 Å². The molecule has 0 amide bonds. The normalized spacial score (nSPS) is 15.9. The van der Waals surface area contributed by atoms with Crippen molar-refractivity contribution in [1.82, 2.24) is 4.57 Å². The van der Waals surface area contributed by atoms with E-state index in [1.54, 1.807) is 7.05 Å². The summed E-state index contributed by atoms with van der Waals surface area (Å²) in [5.74, 6) is -0.326. The fraction of sp³-hybridized carbons (Fsp3) is 0.300. The van der Waals surface area contributed by atoms with Crippen molar-refractivity contribution in [3.05, 3.63) is 14.4 Å². The first-order chi connectivity index (χ1) is 7.50. The van der Waals surface area contributed by atoms with Crippen molar-refractivity contribution in [2.45, 2.75) is 12.8 Å². The maximum Gasteiger partial charge on any atom is 0.210 e. The molecule has 6 heteroatoms. The van der Waals surface area contributed by atoms with Crippen LogP contribution in [-0.2, 0) is 16.6 Å². The molecule has 1 aliphatic carbocycles. The van der Waals surface area contributed by atoms with Crippen LogP contribution in [0.2, 0.25) is 0 Å². The van der Waals surface area contributed by atoms with E-state index in [0.29, 0.717) is 8.83 Å². The first kappa shape index (κ1) is 11.2. The van der Waals surface area contributed by atoms with Crippen molar-refractivity contribution in [3.8, 4) is 5.88 Å². The summed E-state index contributed by atoms with van der Waals surface area (Å²) in [4.78, 5) is 23.3. The van der Waals surface area contributed by atoms with E-state index in [1.807, 2.05) is 0 Å². The molecule has 0 bridgehead atoms. The SMILES string of the molecule is Cn1c(O)c(C=C2C(=O)CCC2=O)sc1=S. The van der Waals surface area contributed by atoms with Gasteiger partial charge in [-0.3, -0.25) is 14.2 Å². The number of carbonyl (C=O) groups is 2. The predicted molar refractivity (Wildman–Crippen MR) is 63.0 cm³/mol. The second-order valence-corrected chi connectivity index (χ2v) is 5.19. The van der Waals surface area contributed by atoms with Gasteiger partial charge in [0.25, 0.3) is 0 Å². The maximum atomic E-state index is 11.4. The van der Waals surface area contributed by atoms with Crippen LogP contribution in [0.5, 0.6) is 5.88 Å². The Morgan fingerprint density at radius 1 is 1.38 bits per heavy atom. The summed E-state index contributed by atoms with van der Waals surface area (Å²) in [5, 5.41) is 9.69. The van der Waals surface area contributed by atoms with Gasteiger partial charge in [0.2, 0.25) is 5.88 Å². The van der Waals surface area contributed by atoms with Gasteiger partial charge in [0.1, 0.15) is 0 Å². The maximum absolute atomic E-state index is 11.4. The van der Waals surface area contributed by atoms with Crippen LogP contribution in [-0.4, -0.2) is 21.2 Å². The van der Waals surface area contributed by atoms with E-state index in [0.717, 1.165) is 0 Å². The third-order valence-electron chi connectivity index (χ3n) is 2.46. The van der Waals surface area contributed by atoms with Crippen molar-refractivity contribution in [2.24, 2.45) is 7.05 Å². The molecule has 1 aromatic rings. The van der Waals surface area contributed by atoms with Crippen LogP contribution in [0, 0.1) is 3.95 Å². The Hall–Kier alpha value is -1.27. The van der Waals surface area contributed by atoms with Crippen LogP contribution in [0.3, 0.4) is 0 Å². The van der Waals surface area contributed by atoms with E-state index in [2.05, 4.69) is 0 Å². The van der Waals surface area contributed by atoms with Gasteiger partial charge in [-0.2, -0.15) is 0 Å². The topological polar surface area (TPSA) is 59.3 Å². The number of Topliss-reactive ketones (excluding diaryl/α,β-unsaturated/α-hetero) is 2. The number of hydrogen-bond donors (Lipinski definition) is 1. The predicted octanol–water partition coefficient (Wildman–Crippen LogP) is 1.84. The molecule has 1 fully saturated rings. The molecule has 0 aromatic carbocycles. The summed E-state index contributed by atoms with van der Waals surface area (Å²) < 4.78 is 1.94. The lowest BCUT2D eigenvalue weighted by atomic mass is 10.2. The van der Waals surface area contributed by atoms with E-state index in [1.165, 1.54) is 22.0 Å². The van der Waals surface area contributed by atoms with E-state index >= 15 is 0 Å². The van der Waals surface area contributed by atoms with Crippen molar-refractivity contribution in [2.75, 3.05) is 0 Å². The standard InChI is InChI=1S/C10H9NO3S2/c1-11-9(14)8(16-10(11)15)4-5-6(12)2-3-7(5)13/h4,14H,2-3H2,1H3. The second kappa shape index (κ2) is 3.95. The van der Waals surface area contributed by atoms with Gasteiger partial charge in [-0.25, -0.2) is 0 Å². The number of nitrogens with zero attached hydrogens (tertiary/aromatic N) is 1. The lowest BCUT2D eigenvalue weighted by Crippen LogP contribution is -1.98. The molecule has 1 aliphatic rings. The summed E-state index contributed by atoms with van der Waals surface area (Å²) in [6, 6.07) is 0. The molecule has 1 N–H and O–H groups in total. The minimum atomic E-state index is -0.161. The largest absolute Gasteiger partial charge is 0.493 e. The van der Waals surface area contributed by atoms with Crippen molar-refractivity contribution >= 4 is 41.2 Å². The molecule has 4 nitrogen and oxygen atoms in total. The third kappa shape index (κ3) is 1.74. The Morgan fingerprint density at radius 3 is 2.38 bits per heavy atom. The summed E-state index contributed by atoms with van der Waals surface area (Å²) in [6.07, 6.45) is 1.97. The fourth-order valence-corrected chi connectivity index (χ4v) is 2.67. The summed E-state index contributed by atoms with van der Waals surface area (Å²) >= 11 is 6.16. The Kier molecular flexibility index (Phi) is 2.77. The highest BCUT2D eigenvalue weighted by Crippen LogP contribution is 2.29. The van der Waals surface area contributed by atoms with Gasteiger partial charge < -0.3 is 5.11 Å². The highest BCUT2D eigenvalue weighted by Gasteiger charge is 2.26. The lowest BCUT2D eigenvalue weighted by Gasteiger charge is -1.95. The Balaban J connectivity index is 2.51. The summed E-state index contributed by atoms with van der Waals surface area (Å²) in [7, 11) is 1.63. The van der Waals surface area contributed by atoms with E-state index in [4.69, 9.17) is 12.2 Å². The van der Waals surface area contributed by atoms with Crippen LogP contribution in [0.4, 0.5) is 0 Å². The number of aromatic nitrogens is 1. The molecule has 0 aliphatic heterocycles. The average molecular weight is 255 g/mol. The molecule has 1 aromatic heterocycles. The quantitative estimate of drug-likeness (QED) is 0.472. The average Bonchev–Trinajstić information content (AvgIpc) is 2.67. The molecule has 0 atom stereocenters. The van der Waals surface area contributed by atoms with Crippen molar-refractivity contribution < 1.29 is 14.7 Å². The first-order valence-electron chi connectivity index (χ1n) is 4.67. The number of thiazole rings is 1. The minimum Gasteiger partial charge on any atom is -0.493 e. The minimum absolute atomic E-state index is 0.00463. The molecule has 84 valence electrons. The molecule has 0 unspecified atom stereocenters. The summed E-state index contributed by atoms with van der Waals surface area (Å²) in [5.41, 5.74) is 0.173. The molecule has 0 saturated heterocycles.